The molecule has 6 heteroatoms. The van der Waals surface area contributed by atoms with E-state index in [9.17, 15) is 4.79 Å². The maximum atomic E-state index is 12.3. The Morgan fingerprint density at radius 1 is 1.11 bits per heavy atom. The van der Waals surface area contributed by atoms with Crippen LogP contribution in [0.1, 0.15) is 47.2 Å². The van der Waals surface area contributed by atoms with Crippen molar-refractivity contribution in [3.05, 3.63) is 52.7 Å². The van der Waals surface area contributed by atoms with Gasteiger partial charge in [-0.2, -0.15) is 0 Å². The molecule has 0 radical (unpaired) electrons. The number of rotatable bonds is 7. The van der Waals surface area contributed by atoms with Crippen LogP contribution in [0.15, 0.2) is 36.0 Å². The van der Waals surface area contributed by atoms with Gasteiger partial charge in [-0.15, -0.1) is 11.3 Å². The number of carbonyl (C=O) groups is 1. The molecule has 0 bridgehead atoms. The zero-order valence-corrected chi connectivity index (χ0v) is 15.9. The summed E-state index contributed by atoms with van der Waals surface area (Å²) in [7, 11) is 0. The van der Waals surface area contributed by atoms with Crippen LogP contribution in [0.5, 0.6) is 0 Å². The van der Waals surface area contributed by atoms with Crippen LogP contribution in [0.2, 0.25) is 0 Å². The van der Waals surface area contributed by atoms with Crippen molar-refractivity contribution in [2.24, 2.45) is 0 Å². The summed E-state index contributed by atoms with van der Waals surface area (Å²) in [6, 6.07) is 8.95. The molecular weight excluding hydrogens is 356 g/mol. The second kappa shape index (κ2) is 6.93. The molecular formula is C21H22N4OS. The first kappa shape index (κ1) is 16.7. The average Bonchev–Trinajstić information content (AvgIpc) is 3.61. The number of hydrogen-bond acceptors (Lipinski definition) is 5. The topological polar surface area (TPSA) is 66.9 Å². The number of thiophene rings is 1. The van der Waals surface area contributed by atoms with E-state index in [-0.39, 0.29) is 5.91 Å². The quantitative estimate of drug-likeness (QED) is 0.653. The lowest BCUT2D eigenvalue weighted by molar-refractivity contribution is 0.0951. The number of aromatic nitrogens is 2. The molecule has 138 valence electrons. The largest absolute Gasteiger partial charge is 0.366 e. The highest BCUT2D eigenvalue weighted by molar-refractivity contribution is 7.18. The number of nitrogens with zero attached hydrogens (tertiary/aromatic N) is 2. The maximum Gasteiger partial charge on any atom is 0.251 e. The minimum absolute atomic E-state index is 0.0452. The number of fused-ring (bicyclic) bond motifs is 1. The summed E-state index contributed by atoms with van der Waals surface area (Å²) in [5.41, 5.74) is 4.25. The van der Waals surface area contributed by atoms with Crippen molar-refractivity contribution in [1.82, 2.24) is 15.3 Å². The molecule has 3 aromatic rings. The summed E-state index contributed by atoms with van der Waals surface area (Å²) in [5.74, 6) is 1.02. The SMILES string of the molecule is O=C(NC1CC1)c1cccc(CCc2csc3c(NC4CC4)ncnc23)c1. The summed E-state index contributed by atoms with van der Waals surface area (Å²) in [6.07, 6.45) is 8.14. The van der Waals surface area contributed by atoms with Crippen molar-refractivity contribution in [2.75, 3.05) is 5.32 Å². The van der Waals surface area contributed by atoms with Gasteiger partial charge in [0.05, 0.1) is 10.2 Å². The molecule has 2 aliphatic rings. The number of carbonyl (C=O) groups excluding carboxylic acids is 1. The number of amides is 1. The summed E-state index contributed by atoms with van der Waals surface area (Å²) in [6.45, 7) is 0. The number of benzene rings is 1. The molecule has 0 aliphatic heterocycles. The van der Waals surface area contributed by atoms with Gasteiger partial charge < -0.3 is 10.6 Å². The summed E-state index contributed by atoms with van der Waals surface area (Å²) >= 11 is 1.72. The second-order valence-corrected chi connectivity index (χ2v) is 8.41. The summed E-state index contributed by atoms with van der Waals surface area (Å²) < 4.78 is 1.15. The molecule has 2 N–H and O–H groups in total. The van der Waals surface area contributed by atoms with E-state index < -0.39 is 0 Å². The Morgan fingerprint density at radius 2 is 1.96 bits per heavy atom. The molecule has 0 saturated heterocycles. The van der Waals surface area contributed by atoms with E-state index in [1.807, 2.05) is 18.2 Å². The minimum Gasteiger partial charge on any atom is -0.366 e. The molecule has 2 saturated carbocycles. The fourth-order valence-corrected chi connectivity index (χ4v) is 4.25. The average molecular weight is 379 g/mol. The molecule has 27 heavy (non-hydrogen) atoms. The Balaban J connectivity index is 1.30. The Kier molecular flexibility index (Phi) is 4.28. The van der Waals surface area contributed by atoms with Gasteiger partial charge in [0, 0.05) is 17.6 Å². The van der Waals surface area contributed by atoms with Crippen LogP contribution >= 0.6 is 11.3 Å². The minimum atomic E-state index is 0.0452. The maximum absolute atomic E-state index is 12.3. The summed E-state index contributed by atoms with van der Waals surface area (Å²) in [5, 5.41) is 8.75. The summed E-state index contributed by atoms with van der Waals surface area (Å²) in [4.78, 5) is 21.2. The fourth-order valence-electron chi connectivity index (χ4n) is 3.24. The number of nitrogens with one attached hydrogen (secondary N) is 2. The van der Waals surface area contributed by atoms with Gasteiger partial charge in [0.2, 0.25) is 0 Å². The van der Waals surface area contributed by atoms with Gasteiger partial charge >= 0.3 is 0 Å². The lowest BCUT2D eigenvalue weighted by Gasteiger charge is -2.07. The van der Waals surface area contributed by atoms with Crippen molar-refractivity contribution in [3.8, 4) is 0 Å². The van der Waals surface area contributed by atoms with Crippen LogP contribution < -0.4 is 10.6 Å². The van der Waals surface area contributed by atoms with E-state index in [0.29, 0.717) is 12.1 Å². The smallest absolute Gasteiger partial charge is 0.251 e. The molecule has 1 amide bonds. The molecule has 0 unspecified atom stereocenters. The van der Waals surface area contributed by atoms with Crippen molar-refractivity contribution >= 4 is 33.3 Å². The standard InChI is InChI=1S/C21H22N4OS/c26-21(25-17-8-9-17)14-3-1-2-13(10-14)4-5-15-11-27-19-18(15)22-12-23-20(19)24-16-6-7-16/h1-3,10-12,16-17H,4-9H2,(H,25,26)(H,22,23,24). The second-order valence-electron chi connectivity index (χ2n) is 7.53. The molecule has 0 spiro atoms. The Labute approximate surface area is 162 Å². The van der Waals surface area contributed by atoms with Crippen molar-refractivity contribution in [1.29, 1.82) is 0 Å². The van der Waals surface area contributed by atoms with Crippen molar-refractivity contribution in [2.45, 2.75) is 50.6 Å². The van der Waals surface area contributed by atoms with Crippen LogP contribution in [0, 0.1) is 0 Å². The first-order valence-corrected chi connectivity index (χ1v) is 10.5. The Bertz CT molecular complexity index is 991. The van der Waals surface area contributed by atoms with Crippen LogP contribution in [0.3, 0.4) is 0 Å². The molecule has 5 rings (SSSR count). The predicted octanol–water partition coefficient (Wildman–Crippen LogP) is 3.94. The first-order valence-electron chi connectivity index (χ1n) is 9.64. The molecule has 2 aromatic heterocycles. The third-order valence-corrected chi connectivity index (χ3v) is 6.15. The zero-order chi connectivity index (χ0) is 18.2. The van der Waals surface area contributed by atoms with Gasteiger partial charge in [0.1, 0.15) is 12.1 Å². The van der Waals surface area contributed by atoms with Crippen molar-refractivity contribution < 1.29 is 4.79 Å². The van der Waals surface area contributed by atoms with E-state index in [1.54, 1.807) is 17.7 Å². The van der Waals surface area contributed by atoms with Gasteiger partial charge in [-0.25, -0.2) is 9.97 Å². The molecule has 2 heterocycles. The first-order chi connectivity index (χ1) is 13.3. The van der Waals surface area contributed by atoms with Gasteiger partial charge in [0.25, 0.3) is 5.91 Å². The normalized spacial score (nSPS) is 16.4. The highest BCUT2D eigenvalue weighted by atomic mass is 32.1. The van der Waals surface area contributed by atoms with E-state index in [1.165, 1.54) is 24.0 Å². The number of aryl methyl sites for hydroxylation is 2. The van der Waals surface area contributed by atoms with Crippen molar-refractivity contribution in [3.63, 3.8) is 0 Å². The van der Waals surface area contributed by atoms with Gasteiger partial charge in [-0.3, -0.25) is 4.79 Å². The lowest BCUT2D eigenvalue weighted by atomic mass is 10.0. The Hall–Kier alpha value is -2.47. The van der Waals surface area contributed by atoms with Crippen LogP contribution in [-0.4, -0.2) is 28.0 Å². The number of hydrogen-bond donors (Lipinski definition) is 2. The molecule has 2 fully saturated rings. The highest BCUT2D eigenvalue weighted by Crippen LogP contribution is 2.33. The van der Waals surface area contributed by atoms with Gasteiger partial charge in [-0.1, -0.05) is 12.1 Å². The molecule has 2 aliphatic carbocycles. The molecule has 1 aromatic carbocycles. The van der Waals surface area contributed by atoms with E-state index in [4.69, 9.17) is 0 Å². The zero-order valence-electron chi connectivity index (χ0n) is 15.1. The van der Waals surface area contributed by atoms with Crippen LogP contribution in [0.25, 0.3) is 10.2 Å². The third-order valence-electron chi connectivity index (χ3n) is 5.13. The molecule has 5 nitrogen and oxygen atoms in total. The van der Waals surface area contributed by atoms with Crippen LogP contribution in [-0.2, 0) is 12.8 Å². The monoisotopic (exact) mass is 378 g/mol. The third kappa shape index (κ3) is 3.81. The van der Waals surface area contributed by atoms with Gasteiger partial charge in [0.15, 0.2) is 0 Å². The van der Waals surface area contributed by atoms with E-state index in [2.05, 4.69) is 32.0 Å². The highest BCUT2D eigenvalue weighted by Gasteiger charge is 2.24. The van der Waals surface area contributed by atoms with Crippen LogP contribution in [0.4, 0.5) is 5.82 Å². The van der Waals surface area contributed by atoms with E-state index in [0.717, 1.165) is 47.3 Å². The lowest BCUT2D eigenvalue weighted by Crippen LogP contribution is -2.25. The Morgan fingerprint density at radius 3 is 2.78 bits per heavy atom. The fraction of sp³-hybridized carbons (Fsp3) is 0.381. The van der Waals surface area contributed by atoms with E-state index >= 15 is 0 Å². The predicted molar refractivity (Wildman–Crippen MR) is 108 cm³/mol. The van der Waals surface area contributed by atoms with Gasteiger partial charge in [-0.05, 0) is 67.2 Å². The number of anilines is 1. The molecule has 0 atom stereocenters.